The first kappa shape index (κ1) is 26.4. The topological polar surface area (TPSA) is 49.4 Å². The van der Waals surface area contributed by atoms with Crippen LogP contribution in [0.4, 0.5) is 23.2 Å². The molecule has 0 radical (unpaired) electrons. The quantitative estimate of drug-likeness (QED) is 0.384. The van der Waals surface area contributed by atoms with Gasteiger partial charge < -0.3 is 10.2 Å². The van der Waals surface area contributed by atoms with Crippen LogP contribution in [0.5, 0.6) is 0 Å². The van der Waals surface area contributed by atoms with Crippen LogP contribution >= 0.6 is 0 Å². The van der Waals surface area contributed by atoms with Gasteiger partial charge in [0.05, 0.1) is 12.0 Å². The molecule has 0 saturated heterocycles. The Balaban J connectivity index is 1.46. The molecule has 0 aliphatic carbocycles. The molecule has 3 aromatic carbocycles. The van der Waals surface area contributed by atoms with Crippen molar-refractivity contribution >= 4 is 17.5 Å². The molecule has 0 bridgehead atoms. The molecule has 2 amide bonds. The molecule has 4 nitrogen and oxygen atoms in total. The number of anilines is 1. The molecular weight excluding hydrogens is 484 g/mol. The zero-order valence-electron chi connectivity index (χ0n) is 20.7. The molecule has 3 aromatic rings. The maximum atomic E-state index is 13.9. The average Bonchev–Trinajstić information content (AvgIpc) is 2.85. The van der Waals surface area contributed by atoms with Crippen molar-refractivity contribution in [1.82, 2.24) is 4.90 Å². The zero-order valence-corrected chi connectivity index (χ0v) is 20.7. The number of nitrogens with zero attached hydrogens (tertiary/aromatic N) is 1. The van der Waals surface area contributed by atoms with E-state index in [4.69, 9.17) is 0 Å². The highest BCUT2D eigenvalue weighted by atomic mass is 19.4. The summed E-state index contributed by atoms with van der Waals surface area (Å²) in [5.41, 5.74) is 3.92. The third kappa shape index (κ3) is 6.01. The Labute approximate surface area is 213 Å². The van der Waals surface area contributed by atoms with Gasteiger partial charge in [-0.2, -0.15) is 13.2 Å². The highest BCUT2D eigenvalue weighted by Crippen LogP contribution is 2.32. The Morgan fingerprint density at radius 3 is 2.35 bits per heavy atom. The van der Waals surface area contributed by atoms with E-state index in [1.54, 1.807) is 4.90 Å². The molecule has 194 valence electrons. The van der Waals surface area contributed by atoms with Crippen LogP contribution in [0.15, 0.2) is 54.6 Å². The Bertz CT molecular complexity index is 1320. The van der Waals surface area contributed by atoms with Gasteiger partial charge in [0, 0.05) is 24.3 Å². The fraction of sp³-hybridized carbons (Fsp3) is 0.310. The van der Waals surface area contributed by atoms with E-state index < -0.39 is 23.5 Å². The molecule has 0 aromatic heterocycles. The number of halogens is 4. The van der Waals surface area contributed by atoms with Gasteiger partial charge in [0.1, 0.15) is 5.82 Å². The number of aryl methyl sites for hydroxylation is 2. The minimum Gasteiger partial charge on any atom is -0.334 e. The Hall–Kier alpha value is -3.68. The first-order valence-corrected chi connectivity index (χ1v) is 12.2. The van der Waals surface area contributed by atoms with Crippen molar-refractivity contribution in [2.24, 2.45) is 0 Å². The molecule has 1 aliphatic rings. The lowest BCUT2D eigenvalue weighted by Crippen LogP contribution is -2.36. The van der Waals surface area contributed by atoms with Crippen LogP contribution in [0.1, 0.15) is 57.1 Å². The van der Waals surface area contributed by atoms with Crippen LogP contribution in [0.2, 0.25) is 0 Å². The summed E-state index contributed by atoms with van der Waals surface area (Å²) in [6.45, 7) is 4.84. The zero-order chi connectivity index (χ0) is 26.7. The summed E-state index contributed by atoms with van der Waals surface area (Å²) in [6, 6.07) is 14.0. The number of nitrogens with one attached hydrogen (secondary N) is 1. The summed E-state index contributed by atoms with van der Waals surface area (Å²) >= 11 is 0. The van der Waals surface area contributed by atoms with Crippen LogP contribution < -0.4 is 5.32 Å². The van der Waals surface area contributed by atoms with Crippen molar-refractivity contribution < 1.29 is 27.2 Å². The summed E-state index contributed by atoms with van der Waals surface area (Å²) in [5, 5.41) is 2.86. The van der Waals surface area contributed by atoms with Crippen LogP contribution in [0.25, 0.3) is 0 Å². The fourth-order valence-corrected chi connectivity index (χ4v) is 4.67. The Morgan fingerprint density at radius 2 is 1.70 bits per heavy atom. The molecule has 0 atom stereocenters. The summed E-state index contributed by atoms with van der Waals surface area (Å²) in [4.78, 5) is 27.6. The molecule has 0 fully saturated rings. The van der Waals surface area contributed by atoms with Crippen molar-refractivity contribution in [3.05, 3.63) is 99.4 Å². The van der Waals surface area contributed by atoms with Crippen LogP contribution in [-0.2, 0) is 36.8 Å². The largest absolute Gasteiger partial charge is 0.419 e. The highest BCUT2D eigenvalue weighted by molar-refractivity contribution is 5.95. The van der Waals surface area contributed by atoms with Crippen molar-refractivity contribution in [3.8, 4) is 0 Å². The number of hydrogen-bond acceptors (Lipinski definition) is 2. The minimum atomic E-state index is -4.79. The van der Waals surface area contributed by atoms with Crippen molar-refractivity contribution in [2.45, 2.75) is 52.3 Å². The van der Waals surface area contributed by atoms with Crippen LogP contribution in [0.3, 0.4) is 0 Å². The second-order valence-corrected chi connectivity index (χ2v) is 9.36. The number of benzene rings is 3. The van der Waals surface area contributed by atoms with Gasteiger partial charge in [-0.05, 0) is 71.8 Å². The molecule has 1 heterocycles. The normalized spacial score (nSPS) is 13.3. The number of carbonyl (C=O) groups excluding carboxylic acids is 2. The van der Waals surface area contributed by atoms with E-state index in [0.717, 1.165) is 41.7 Å². The van der Waals surface area contributed by atoms with Gasteiger partial charge in [-0.15, -0.1) is 0 Å². The second kappa shape index (κ2) is 10.7. The lowest BCUT2D eigenvalue weighted by atomic mass is 9.94. The summed E-state index contributed by atoms with van der Waals surface area (Å²) in [7, 11) is 0. The lowest BCUT2D eigenvalue weighted by Gasteiger charge is -2.31. The molecule has 8 heteroatoms. The van der Waals surface area contributed by atoms with E-state index in [0.29, 0.717) is 36.8 Å². The maximum absolute atomic E-state index is 13.9. The van der Waals surface area contributed by atoms with Gasteiger partial charge >= 0.3 is 6.18 Å². The fourth-order valence-electron chi connectivity index (χ4n) is 4.67. The summed E-state index contributed by atoms with van der Waals surface area (Å²) in [6.07, 6.45) is -2.51. The monoisotopic (exact) mass is 512 g/mol. The van der Waals surface area contributed by atoms with E-state index in [-0.39, 0.29) is 17.9 Å². The minimum absolute atomic E-state index is 0.0517. The SMILES string of the molecule is CCCc1ccc(C(=O)N2CCc3c(ccc(C)c3NC(=O)Cc3ccc(C(F)(F)F)c(F)c3)C2)cc1. The summed E-state index contributed by atoms with van der Waals surface area (Å²) < 4.78 is 52.3. The van der Waals surface area contributed by atoms with E-state index in [1.165, 1.54) is 5.56 Å². The molecule has 0 unspecified atom stereocenters. The number of carbonyl (C=O) groups is 2. The standard InChI is InChI=1S/C29H28F4N2O2/c1-3-4-19-6-10-21(11-7-19)28(37)35-14-13-23-22(17-35)9-5-18(2)27(23)34-26(36)16-20-8-12-24(25(30)15-20)29(31,32)33/h5-12,15H,3-4,13-14,16-17H2,1-2H3,(H,34,36). The number of fused-ring (bicyclic) bond motifs is 1. The lowest BCUT2D eigenvalue weighted by molar-refractivity contribution is -0.140. The van der Waals surface area contributed by atoms with Gasteiger partial charge in [-0.25, -0.2) is 4.39 Å². The number of rotatable bonds is 6. The van der Waals surface area contributed by atoms with Crippen molar-refractivity contribution in [2.75, 3.05) is 11.9 Å². The van der Waals surface area contributed by atoms with E-state index >= 15 is 0 Å². The van der Waals surface area contributed by atoms with Gasteiger partial charge in [0.25, 0.3) is 5.91 Å². The molecule has 37 heavy (non-hydrogen) atoms. The predicted molar refractivity (Wildman–Crippen MR) is 134 cm³/mol. The second-order valence-electron chi connectivity index (χ2n) is 9.36. The van der Waals surface area contributed by atoms with Gasteiger partial charge in [0.15, 0.2) is 0 Å². The molecular formula is C29H28F4N2O2. The smallest absolute Gasteiger partial charge is 0.334 e. The van der Waals surface area contributed by atoms with Crippen LogP contribution in [-0.4, -0.2) is 23.3 Å². The molecule has 0 spiro atoms. The molecule has 1 aliphatic heterocycles. The number of alkyl halides is 3. The van der Waals surface area contributed by atoms with Gasteiger partial charge in [-0.3, -0.25) is 9.59 Å². The Kier molecular flexibility index (Phi) is 7.66. The van der Waals surface area contributed by atoms with Crippen LogP contribution in [0, 0.1) is 12.7 Å². The third-order valence-electron chi connectivity index (χ3n) is 6.61. The first-order valence-electron chi connectivity index (χ1n) is 12.2. The number of amides is 2. The molecule has 0 saturated carbocycles. The van der Waals surface area contributed by atoms with E-state index in [2.05, 4.69) is 12.2 Å². The molecule has 4 rings (SSSR count). The maximum Gasteiger partial charge on any atom is 0.419 e. The highest BCUT2D eigenvalue weighted by Gasteiger charge is 2.34. The van der Waals surface area contributed by atoms with E-state index in [1.807, 2.05) is 43.3 Å². The summed E-state index contributed by atoms with van der Waals surface area (Å²) in [5.74, 6) is -1.92. The first-order chi connectivity index (χ1) is 17.6. The van der Waals surface area contributed by atoms with Gasteiger partial charge in [0.2, 0.25) is 5.91 Å². The molecule has 1 N–H and O–H groups in total. The average molecular weight is 513 g/mol. The third-order valence-corrected chi connectivity index (χ3v) is 6.61. The predicted octanol–water partition coefficient (Wildman–Crippen LogP) is 6.49. The van der Waals surface area contributed by atoms with Crippen molar-refractivity contribution in [1.29, 1.82) is 0 Å². The number of hydrogen-bond donors (Lipinski definition) is 1. The van der Waals surface area contributed by atoms with E-state index in [9.17, 15) is 27.2 Å². The Morgan fingerprint density at radius 1 is 1.00 bits per heavy atom. The van der Waals surface area contributed by atoms with Crippen molar-refractivity contribution in [3.63, 3.8) is 0 Å². The van der Waals surface area contributed by atoms with Gasteiger partial charge in [-0.1, -0.05) is 43.7 Å².